The van der Waals surface area contributed by atoms with Crippen LogP contribution in [0.3, 0.4) is 0 Å². The number of hydrogen-bond acceptors (Lipinski definition) is 6. The summed E-state index contributed by atoms with van der Waals surface area (Å²) >= 11 is 3.70. The van der Waals surface area contributed by atoms with E-state index in [0.717, 1.165) is 83.3 Å². The van der Waals surface area contributed by atoms with Gasteiger partial charge in [-0.1, -0.05) is 231 Å². The predicted octanol–water partition coefficient (Wildman–Crippen LogP) is 26.0. The Balaban J connectivity index is 0.000000129. The second-order valence-corrected chi connectivity index (χ2v) is 29.6. The van der Waals surface area contributed by atoms with Gasteiger partial charge in [-0.15, -0.1) is 22.7 Å². The fourth-order valence-corrected chi connectivity index (χ4v) is 19.8. The molecule has 0 atom stereocenters. The van der Waals surface area contributed by atoms with E-state index in [4.69, 9.17) is 19.9 Å². The smallest absolute Gasteiger partial charge is 0.235 e. The first-order valence-electron chi connectivity index (χ1n) is 35.9. The molecule has 0 spiro atoms. The van der Waals surface area contributed by atoms with Crippen LogP contribution < -0.4 is 0 Å². The standard InChI is InChI=1S/2C48H28N4S/c1-2-15-30(16-3-1)51-40-23-11-7-18-32(40)36-27-37-33-19-8-12-24-41(33)52(43(37)28-42(36)51)48-49-39-22-10-6-20-34(39)46(50-48)38-26-29-14-4-5-17-31(29)45-35-21-9-13-25-44(35)53-47(38)45;1-2-15-30(16-3-1)51-38-23-11-7-19-33(38)44-40(51)26-27-41-45(44)34-20-8-12-24-39(34)52(41)48-49-37-22-10-6-18-32(37)46(50-48)36-28-29-14-4-5-17-31(29)43-35-21-9-13-25-42(35)53-47(36)43/h2*1-28H. The third-order valence-electron chi connectivity index (χ3n) is 21.8. The van der Waals surface area contributed by atoms with Gasteiger partial charge in [-0.05, 0) is 131 Å². The molecule has 24 rings (SSSR count). The molecule has 0 radical (unpaired) electrons. The van der Waals surface area contributed by atoms with E-state index in [-0.39, 0.29) is 0 Å². The number of benzene rings is 16. The monoisotopic (exact) mass is 1380 g/mol. The van der Waals surface area contributed by atoms with E-state index in [1.165, 1.54) is 122 Å². The lowest BCUT2D eigenvalue weighted by atomic mass is 9.97. The topological polar surface area (TPSA) is 71.3 Å². The average Bonchev–Trinajstić information content (AvgIpc) is 1.54. The van der Waals surface area contributed by atoms with Crippen LogP contribution in [-0.2, 0) is 0 Å². The maximum absolute atomic E-state index is 5.60. The molecule has 492 valence electrons. The summed E-state index contributed by atoms with van der Waals surface area (Å²) < 4.78 is 14.4. The molecule has 0 unspecified atom stereocenters. The molecule has 0 N–H and O–H groups in total. The molecule has 0 fully saturated rings. The molecule has 0 aliphatic carbocycles. The van der Waals surface area contributed by atoms with Crippen LogP contribution in [0.15, 0.2) is 340 Å². The first kappa shape index (κ1) is 58.9. The van der Waals surface area contributed by atoms with Crippen molar-refractivity contribution in [1.29, 1.82) is 0 Å². The molecule has 24 aromatic rings. The van der Waals surface area contributed by atoms with Gasteiger partial charge in [0, 0.05) is 117 Å². The number of thiophene rings is 2. The van der Waals surface area contributed by atoms with Crippen molar-refractivity contribution >= 4 is 194 Å². The number of rotatable bonds is 6. The van der Waals surface area contributed by atoms with Crippen molar-refractivity contribution in [3.63, 3.8) is 0 Å². The summed E-state index contributed by atoms with van der Waals surface area (Å²) in [6.45, 7) is 0. The largest absolute Gasteiger partial charge is 0.309 e. The van der Waals surface area contributed by atoms with E-state index in [2.05, 4.69) is 358 Å². The zero-order valence-corrected chi connectivity index (χ0v) is 58.4. The second kappa shape index (κ2) is 22.9. The van der Waals surface area contributed by atoms with E-state index in [9.17, 15) is 0 Å². The van der Waals surface area contributed by atoms with Gasteiger partial charge in [0.25, 0.3) is 0 Å². The first-order chi connectivity index (χ1) is 52.6. The maximum Gasteiger partial charge on any atom is 0.235 e. The van der Waals surface area contributed by atoms with Gasteiger partial charge in [0.15, 0.2) is 0 Å². The van der Waals surface area contributed by atoms with Crippen LogP contribution in [0.2, 0.25) is 0 Å². The van der Waals surface area contributed by atoms with Gasteiger partial charge in [-0.25, -0.2) is 19.9 Å². The van der Waals surface area contributed by atoms with Crippen molar-refractivity contribution in [2.75, 3.05) is 0 Å². The van der Waals surface area contributed by atoms with Gasteiger partial charge in [-0.3, -0.25) is 9.13 Å². The number of fused-ring (bicyclic) bond motifs is 25. The van der Waals surface area contributed by atoms with Crippen LogP contribution in [0.5, 0.6) is 0 Å². The van der Waals surface area contributed by atoms with Crippen LogP contribution >= 0.6 is 22.7 Å². The van der Waals surface area contributed by atoms with Crippen molar-refractivity contribution in [2.24, 2.45) is 0 Å². The van der Waals surface area contributed by atoms with Crippen molar-refractivity contribution in [1.82, 2.24) is 38.2 Å². The van der Waals surface area contributed by atoms with E-state index in [1.807, 2.05) is 22.7 Å². The van der Waals surface area contributed by atoms with Crippen LogP contribution in [0.1, 0.15) is 0 Å². The summed E-state index contributed by atoms with van der Waals surface area (Å²) in [7, 11) is 0. The number of hydrogen-bond donors (Lipinski definition) is 0. The minimum absolute atomic E-state index is 0.661. The Hall–Kier alpha value is -13.6. The Morgan fingerprint density at radius 1 is 0.208 bits per heavy atom. The van der Waals surface area contributed by atoms with Gasteiger partial charge in [-0.2, -0.15) is 0 Å². The summed E-state index contributed by atoms with van der Waals surface area (Å²) in [6.07, 6.45) is 0. The lowest BCUT2D eigenvalue weighted by Crippen LogP contribution is -2.03. The second-order valence-electron chi connectivity index (χ2n) is 27.5. The normalized spacial score (nSPS) is 12.2. The van der Waals surface area contributed by atoms with Gasteiger partial charge in [0.2, 0.25) is 11.9 Å². The Labute approximate surface area is 613 Å². The molecule has 0 aliphatic heterocycles. The van der Waals surface area contributed by atoms with E-state index in [0.29, 0.717) is 11.9 Å². The minimum atomic E-state index is 0.661. The van der Waals surface area contributed by atoms with E-state index < -0.39 is 0 Å². The quantitative estimate of drug-likeness (QED) is 0.166. The minimum Gasteiger partial charge on any atom is -0.309 e. The van der Waals surface area contributed by atoms with Crippen LogP contribution in [0, 0.1) is 0 Å². The molecule has 8 aromatic heterocycles. The van der Waals surface area contributed by atoms with Gasteiger partial charge >= 0.3 is 0 Å². The molecule has 0 amide bonds. The SMILES string of the molecule is c1ccc(-n2c3ccccc3c3c4c5ccccc5n(-c5nc(-c6cc7ccccc7c7c6sc6ccccc67)c6ccccc6n5)c4ccc32)cc1.c1ccc(-n2c3ccccc3c3cc4c5ccccc5n(-c5nc(-c6cc7ccccc7c7c6sc6ccccc67)c6ccccc6n5)c4cc32)cc1. The highest BCUT2D eigenvalue weighted by Crippen LogP contribution is 2.50. The molecule has 0 aliphatic rings. The lowest BCUT2D eigenvalue weighted by Gasteiger charge is -2.14. The van der Waals surface area contributed by atoms with Crippen molar-refractivity contribution in [3.8, 4) is 45.8 Å². The molecule has 10 heteroatoms. The number of para-hydroxylation sites is 8. The molecule has 8 nitrogen and oxygen atoms in total. The molecule has 106 heavy (non-hydrogen) atoms. The summed E-state index contributed by atoms with van der Waals surface area (Å²) in [5.41, 5.74) is 17.3. The lowest BCUT2D eigenvalue weighted by molar-refractivity contribution is 1.01. The molecular weight excluding hydrogens is 1330 g/mol. The van der Waals surface area contributed by atoms with Crippen LogP contribution in [-0.4, -0.2) is 38.2 Å². The number of aromatic nitrogens is 8. The first-order valence-corrected chi connectivity index (χ1v) is 37.5. The van der Waals surface area contributed by atoms with E-state index >= 15 is 0 Å². The van der Waals surface area contributed by atoms with Crippen LogP contribution in [0.25, 0.3) is 217 Å². The van der Waals surface area contributed by atoms with Crippen molar-refractivity contribution in [3.05, 3.63) is 340 Å². The zero-order chi connectivity index (χ0) is 69.2. The average molecular weight is 1390 g/mol. The molecular formula is C96H56N8S2. The predicted molar refractivity (Wildman–Crippen MR) is 448 cm³/mol. The third-order valence-corrected chi connectivity index (χ3v) is 24.2. The summed E-state index contributed by atoms with van der Waals surface area (Å²) in [4.78, 5) is 21.9. The zero-order valence-electron chi connectivity index (χ0n) is 56.7. The molecule has 0 bridgehead atoms. The Morgan fingerprint density at radius 3 is 1.04 bits per heavy atom. The fourth-order valence-electron chi connectivity index (χ4n) is 17.3. The highest BCUT2D eigenvalue weighted by atomic mass is 32.1. The Morgan fingerprint density at radius 2 is 0.547 bits per heavy atom. The van der Waals surface area contributed by atoms with Gasteiger partial charge < -0.3 is 9.13 Å². The maximum atomic E-state index is 5.60. The number of nitrogens with zero attached hydrogens (tertiary/aromatic N) is 8. The summed E-state index contributed by atoms with van der Waals surface area (Å²) in [5, 5.41) is 21.8. The summed E-state index contributed by atoms with van der Waals surface area (Å²) in [6, 6.07) is 122. The molecule has 16 aromatic carbocycles. The third kappa shape index (κ3) is 8.62. The Kier molecular flexibility index (Phi) is 12.8. The molecule has 0 saturated carbocycles. The van der Waals surface area contributed by atoms with Gasteiger partial charge in [0.1, 0.15) is 0 Å². The van der Waals surface area contributed by atoms with E-state index in [1.54, 1.807) is 0 Å². The van der Waals surface area contributed by atoms with Gasteiger partial charge in [0.05, 0.1) is 66.6 Å². The highest BCUT2D eigenvalue weighted by molar-refractivity contribution is 7.27. The molecule has 8 heterocycles. The summed E-state index contributed by atoms with van der Waals surface area (Å²) in [5.74, 6) is 1.33. The Bertz CT molecular complexity index is 7850. The van der Waals surface area contributed by atoms with Crippen LogP contribution in [0.4, 0.5) is 0 Å². The molecule has 0 saturated heterocycles. The fraction of sp³-hybridized carbons (Fsp3) is 0. The van der Waals surface area contributed by atoms with Crippen molar-refractivity contribution in [2.45, 2.75) is 0 Å². The van der Waals surface area contributed by atoms with Crippen molar-refractivity contribution < 1.29 is 0 Å². The highest BCUT2D eigenvalue weighted by Gasteiger charge is 2.27.